The van der Waals surface area contributed by atoms with Crippen LogP contribution in [0.3, 0.4) is 0 Å². The molecule has 0 atom stereocenters. The zero-order valence-corrected chi connectivity index (χ0v) is 43.3. The van der Waals surface area contributed by atoms with Gasteiger partial charge in [0.05, 0.1) is 64.1 Å². The summed E-state index contributed by atoms with van der Waals surface area (Å²) in [7, 11) is -3.19. The van der Waals surface area contributed by atoms with E-state index in [2.05, 4.69) is 261 Å². The van der Waals surface area contributed by atoms with Crippen molar-refractivity contribution in [3.8, 4) is 20.0 Å². The van der Waals surface area contributed by atoms with E-state index >= 15 is 0 Å². The van der Waals surface area contributed by atoms with E-state index in [1.807, 2.05) is 45.3 Å². The van der Waals surface area contributed by atoms with Crippen LogP contribution in [0.5, 0.6) is 0 Å². The molecule has 0 aliphatic carbocycles. The molecule has 8 heterocycles. The summed E-state index contributed by atoms with van der Waals surface area (Å²) in [5.41, 5.74) is 9.81. The molecular weight excluding hydrogens is 981 g/mol. The van der Waals surface area contributed by atoms with Crippen molar-refractivity contribution in [2.75, 3.05) is 0 Å². The Morgan fingerprint density at radius 3 is 0.534 bits per heavy atom. The van der Waals surface area contributed by atoms with E-state index in [0.29, 0.717) is 0 Å². The lowest BCUT2D eigenvalue weighted by atomic mass is 10.2. The van der Waals surface area contributed by atoms with Gasteiger partial charge in [-0.05, 0) is 97.1 Å². The van der Waals surface area contributed by atoms with Gasteiger partial charge in [-0.2, -0.15) is 0 Å². The van der Waals surface area contributed by atoms with E-state index < -0.39 is 8.07 Å². The van der Waals surface area contributed by atoms with Gasteiger partial charge in [-0.25, -0.2) is 0 Å². The number of hydrogen-bond donors (Lipinski definition) is 0. The van der Waals surface area contributed by atoms with Gasteiger partial charge in [-0.3, -0.25) is 0 Å². The highest BCUT2D eigenvalue weighted by molar-refractivity contribution is 7.54. The van der Waals surface area contributed by atoms with Crippen molar-refractivity contribution in [2.24, 2.45) is 0 Å². The lowest BCUT2D eigenvalue weighted by Gasteiger charge is -2.28. The van der Waals surface area contributed by atoms with Crippen LogP contribution in [-0.4, -0.2) is 26.3 Å². The fourth-order valence-electron chi connectivity index (χ4n) is 12.0. The molecule has 0 radical (unpaired) electrons. The maximum atomic E-state index is 2.51. The first-order chi connectivity index (χ1) is 36.2. The number of hydrogen-bond acceptors (Lipinski definition) is 4. The summed E-state index contributed by atoms with van der Waals surface area (Å²) in [6, 6.07) is 90.8. The molecule has 0 aliphatic rings. The molecule has 344 valence electrons. The van der Waals surface area contributed by atoms with E-state index in [-0.39, 0.29) is 0 Å². The molecular formula is C64H40N4S4Si. The van der Waals surface area contributed by atoms with Crippen LogP contribution < -0.4 is 18.0 Å². The maximum Gasteiger partial charge on any atom is 0.223 e. The predicted octanol–water partition coefficient (Wildman–Crippen LogP) is 15.7. The number of para-hydroxylation sites is 8. The number of fused-ring (bicyclic) bond motifs is 12. The highest BCUT2D eigenvalue weighted by Gasteiger charge is 2.47. The third-order valence-corrected chi connectivity index (χ3v) is 27.1. The molecule has 16 rings (SSSR count). The molecule has 73 heavy (non-hydrogen) atoms. The van der Waals surface area contributed by atoms with Crippen LogP contribution in [0, 0.1) is 0 Å². The second-order valence-corrected chi connectivity index (χ2v) is 28.1. The third kappa shape index (κ3) is 5.91. The van der Waals surface area contributed by atoms with Gasteiger partial charge < -0.3 is 18.3 Å². The summed E-state index contributed by atoms with van der Waals surface area (Å²) < 4.78 is 15.7. The van der Waals surface area contributed by atoms with Crippen molar-refractivity contribution in [1.29, 1.82) is 0 Å². The standard InChI is InChI=1S/C64H40N4S4Si/c1-9-25-49-41(17-1)42-18-2-10-26-50(42)65(49)57-33-37-61(69-57)73(62-38-34-58(70-62)66-51-27-11-3-19-43(51)44-20-4-12-28-52(44)66,63-39-35-59(71-63)67-53-29-13-5-21-45(53)46-22-6-14-30-54(46)67)64-40-36-60(72-64)68-55-31-15-7-23-47(55)48-24-8-16-32-56(48)68/h1-40H. The predicted molar refractivity (Wildman–Crippen MR) is 319 cm³/mol. The molecule has 0 N–H and O–H groups in total. The van der Waals surface area contributed by atoms with Gasteiger partial charge in [0.1, 0.15) is 0 Å². The highest BCUT2D eigenvalue weighted by atomic mass is 32.1. The van der Waals surface area contributed by atoms with Crippen LogP contribution >= 0.6 is 45.3 Å². The Labute approximate surface area is 436 Å². The molecule has 0 saturated heterocycles. The van der Waals surface area contributed by atoms with E-state index in [1.165, 1.54) is 125 Å². The Kier molecular flexibility index (Phi) is 9.11. The second-order valence-electron chi connectivity index (χ2n) is 18.8. The molecule has 0 fully saturated rings. The minimum absolute atomic E-state index is 1.22. The monoisotopic (exact) mass is 1020 g/mol. The highest BCUT2D eigenvalue weighted by Crippen LogP contribution is 2.40. The molecule has 8 aromatic heterocycles. The van der Waals surface area contributed by atoms with Gasteiger partial charge in [-0.1, -0.05) is 146 Å². The molecule has 9 heteroatoms. The van der Waals surface area contributed by atoms with E-state index in [1.54, 1.807) is 0 Å². The van der Waals surface area contributed by atoms with E-state index in [0.717, 1.165) is 0 Å². The van der Waals surface area contributed by atoms with Crippen molar-refractivity contribution < 1.29 is 0 Å². The van der Waals surface area contributed by atoms with Gasteiger partial charge in [0.2, 0.25) is 8.07 Å². The van der Waals surface area contributed by atoms with Gasteiger partial charge in [0.25, 0.3) is 0 Å². The van der Waals surface area contributed by atoms with Crippen LogP contribution in [-0.2, 0) is 0 Å². The number of aromatic nitrogens is 4. The molecule has 16 aromatic rings. The van der Waals surface area contributed by atoms with Gasteiger partial charge in [-0.15, -0.1) is 45.3 Å². The van der Waals surface area contributed by atoms with Gasteiger partial charge >= 0.3 is 0 Å². The third-order valence-electron chi connectivity index (χ3n) is 15.0. The first kappa shape index (κ1) is 41.6. The Morgan fingerprint density at radius 1 is 0.192 bits per heavy atom. The quantitative estimate of drug-likeness (QED) is 0.135. The molecule has 0 saturated carbocycles. The van der Waals surface area contributed by atoms with E-state index in [9.17, 15) is 0 Å². The topological polar surface area (TPSA) is 19.7 Å². The maximum absolute atomic E-state index is 3.19. The zero-order valence-electron chi connectivity index (χ0n) is 39.0. The minimum atomic E-state index is -3.19. The fraction of sp³-hybridized carbons (Fsp3) is 0. The largest absolute Gasteiger partial charge is 0.301 e. The van der Waals surface area contributed by atoms with Crippen molar-refractivity contribution >= 4 is 159 Å². The van der Waals surface area contributed by atoms with Crippen molar-refractivity contribution in [1.82, 2.24) is 18.3 Å². The zero-order chi connectivity index (χ0) is 47.8. The Hall–Kier alpha value is -8.02. The first-order valence-electron chi connectivity index (χ1n) is 24.6. The number of rotatable bonds is 8. The Balaban J connectivity index is 1.01. The summed E-state index contributed by atoms with van der Waals surface area (Å²) in [4.78, 5) is 0. The Bertz CT molecular complexity index is 4020. The lowest BCUT2D eigenvalue weighted by Crippen LogP contribution is -2.72. The molecule has 0 unspecified atom stereocenters. The van der Waals surface area contributed by atoms with E-state index in [4.69, 9.17) is 0 Å². The average molecular weight is 1020 g/mol. The molecule has 0 aliphatic heterocycles. The van der Waals surface area contributed by atoms with Crippen LogP contribution in [0.25, 0.3) is 107 Å². The van der Waals surface area contributed by atoms with Gasteiger partial charge in [0.15, 0.2) is 0 Å². The van der Waals surface area contributed by atoms with Crippen LogP contribution in [0.15, 0.2) is 243 Å². The molecule has 0 bridgehead atoms. The average Bonchev–Trinajstić information content (AvgIpc) is 4.32. The molecule has 8 aromatic carbocycles. The summed E-state index contributed by atoms with van der Waals surface area (Å²) in [5, 5.41) is 15.1. The van der Waals surface area contributed by atoms with Gasteiger partial charge in [0, 0.05) is 61.1 Å². The summed E-state index contributed by atoms with van der Waals surface area (Å²) >= 11 is 7.89. The second kappa shape index (κ2) is 16.0. The minimum Gasteiger partial charge on any atom is -0.301 e. The molecule has 4 nitrogen and oxygen atoms in total. The number of nitrogens with zero attached hydrogens (tertiary/aromatic N) is 4. The molecule has 0 amide bonds. The summed E-state index contributed by atoms with van der Waals surface area (Å²) in [6.07, 6.45) is 0. The number of thiophene rings is 4. The van der Waals surface area contributed by atoms with Crippen molar-refractivity contribution in [3.05, 3.63) is 243 Å². The summed E-state index contributed by atoms with van der Waals surface area (Å²) in [5.74, 6) is 0. The van der Waals surface area contributed by atoms with Crippen LogP contribution in [0.2, 0.25) is 0 Å². The summed E-state index contributed by atoms with van der Waals surface area (Å²) in [6.45, 7) is 0. The normalized spacial score (nSPS) is 12.4. The van der Waals surface area contributed by atoms with Crippen molar-refractivity contribution in [2.45, 2.75) is 0 Å². The fourth-order valence-corrected chi connectivity index (χ4v) is 26.7. The molecule has 0 spiro atoms. The SMILES string of the molecule is c1ccc2c(c1)c1ccccc1n2-c1ccc([Si](c2ccc(-n3c4ccccc4c4ccccc43)s2)(c2ccc(-n3c4ccccc4c4ccccc43)s2)c2ccc(-n3c4ccccc4c4ccccc43)s2)s1. The number of benzene rings is 8. The first-order valence-corrected chi connectivity index (χ1v) is 29.8. The van der Waals surface area contributed by atoms with Crippen LogP contribution in [0.1, 0.15) is 0 Å². The smallest absolute Gasteiger partial charge is 0.223 e. The Morgan fingerprint density at radius 2 is 0.356 bits per heavy atom. The van der Waals surface area contributed by atoms with Crippen molar-refractivity contribution in [3.63, 3.8) is 0 Å². The lowest BCUT2D eigenvalue weighted by molar-refractivity contribution is 1.22. The van der Waals surface area contributed by atoms with Crippen LogP contribution in [0.4, 0.5) is 0 Å².